The van der Waals surface area contributed by atoms with Crippen molar-refractivity contribution in [1.29, 1.82) is 0 Å². The molecule has 0 N–H and O–H groups in total. The number of nitrogens with zero attached hydrogens (tertiary/aromatic N) is 3. The number of rotatable bonds is 1. The van der Waals surface area contributed by atoms with Gasteiger partial charge in [-0.15, -0.1) is 0 Å². The van der Waals surface area contributed by atoms with Crippen LogP contribution in [-0.2, 0) is 4.74 Å². The first-order valence-electron chi connectivity index (χ1n) is 5.14. The third kappa shape index (κ3) is 1.58. The second-order valence-corrected chi connectivity index (χ2v) is 4.49. The van der Waals surface area contributed by atoms with E-state index in [1.165, 1.54) is 0 Å². The first-order valence-corrected chi connectivity index (χ1v) is 5.51. The molecule has 1 aromatic rings. The van der Waals surface area contributed by atoms with Crippen LogP contribution in [0.1, 0.15) is 0 Å². The molecule has 15 heavy (non-hydrogen) atoms. The van der Waals surface area contributed by atoms with E-state index in [0.717, 1.165) is 32.1 Å². The minimum absolute atomic E-state index is 0.499. The molecule has 2 aliphatic heterocycles. The zero-order valence-corrected chi connectivity index (χ0v) is 9.02. The van der Waals surface area contributed by atoms with Crippen LogP contribution in [0.5, 0.6) is 0 Å². The van der Waals surface area contributed by atoms with Crippen molar-refractivity contribution in [3.8, 4) is 0 Å². The maximum Gasteiger partial charge on any atom is 0.171 e. The van der Waals surface area contributed by atoms with Gasteiger partial charge in [-0.25, -0.2) is 9.97 Å². The third-order valence-corrected chi connectivity index (χ3v) is 3.44. The first kappa shape index (κ1) is 9.36. The van der Waals surface area contributed by atoms with Crippen LogP contribution in [0.25, 0.3) is 0 Å². The Balaban J connectivity index is 1.82. The summed E-state index contributed by atoms with van der Waals surface area (Å²) in [6.07, 6.45) is 3.30. The van der Waals surface area contributed by atoms with Crippen LogP contribution in [0.4, 0.5) is 5.82 Å². The van der Waals surface area contributed by atoms with Crippen molar-refractivity contribution < 1.29 is 4.74 Å². The highest BCUT2D eigenvalue weighted by molar-refractivity contribution is 6.31. The van der Waals surface area contributed by atoms with Crippen LogP contribution in [0.2, 0.25) is 5.15 Å². The van der Waals surface area contributed by atoms with Gasteiger partial charge in [0.1, 0.15) is 0 Å². The molecule has 0 saturated carbocycles. The molecule has 2 aliphatic rings. The highest BCUT2D eigenvalue weighted by Crippen LogP contribution is 2.33. The molecule has 80 valence electrons. The van der Waals surface area contributed by atoms with Crippen LogP contribution < -0.4 is 4.90 Å². The second kappa shape index (κ2) is 3.61. The number of aromatic nitrogens is 2. The van der Waals surface area contributed by atoms with Crippen LogP contribution in [0.15, 0.2) is 12.4 Å². The van der Waals surface area contributed by atoms with E-state index in [0.29, 0.717) is 17.0 Å². The second-order valence-electron chi connectivity index (χ2n) is 4.13. The molecule has 2 unspecified atom stereocenters. The van der Waals surface area contributed by atoms with Crippen LogP contribution >= 0.6 is 11.6 Å². The molecule has 2 atom stereocenters. The van der Waals surface area contributed by atoms with E-state index in [4.69, 9.17) is 16.3 Å². The molecule has 0 radical (unpaired) electrons. The summed E-state index contributed by atoms with van der Waals surface area (Å²) in [5.74, 6) is 2.10. The minimum atomic E-state index is 0.499. The van der Waals surface area contributed by atoms with E-state index < -0.39 is 0 Å². The Hall–Kier alpha value is -0.870. The number of halogens is 1. The molecular formula is C10H12ClN3O. The highest BCUT2D eigenvalue weighted by Gasteiger charge is 2.38. The SMILES string of the molecule is Clc1nccnc1N1CC2COCC2C1. The van der Waals surface area contributed by atoms with E-state index in [1.807, 2.05) is 0 Å². The Morgan fingerprint density at radius 2 is 1.87 bits per heavy atom. The summed E-state index contributed by atoms with van der Waals surface area (Å²) in [5, 5.41) is 0.499. The van der Waals surface area contributed by atoms with Gasteiger partial charge in [-0.1, -0.05) is 11.6 Å². The Kier molecular flexibility index (Phi) is 2.25. The molecule has 0 aliphatic carbocycles. The summed E-state index contributed by atoms with van der Waals surface area (Å²) >= 11 is 6.01. The normalized spacial score (nSPS) is 29.5. The maximum atomic E-state index is 6.01. The van der Waals surface area contributed by atoms with E-state index in [9.17, 15) is 0 Å². The van der Waals surface area contributed by atoms with Crippen molar-refractivity contribution in [3.63, 3.8) is 0 Å². The molecule has 2 saturated heterocycles. The standard InChI is InChI=1S/C10H12ClN3O/c11-9-10(13-2-1-12-9)14-3-7-5-15-6-8(7)4-14/h1-2,7-8H,3-6H2. The Bertz CT molecular complexity index is 361. The van der Waals surface area contributed by atoms with Gasteiger partial charge in [0.15, 0.2) is 11.0 Å². The topological polar surface area (TPSA) is 38.2 Å². The van der Waals surface area contributed by atoms with E-state index in [1.54, 1.807) is 12.4 Å². The average molecular weight is 226 g/mol. The first-order chi connectivity index (χ1) is 7.34. The number of hydrogen-bond acceptors (Lipinski definition) is 4. The fourth-order valence-corrected chi connectivity index (χ4v) is 2.61. The van der Waals surface area contributed by atoms with Gasteiger partial charge in [-0.2, -0.15) is 0 Å². The summed E-state index contributed by atoms with van der Waals surface area (Å²) in [7, 11) is 0. The van der Waals surface area contributed by atoms with E-state index in [-0.39, 0.29) is 0 Å². The van der Waals surface area contributed by atoms with Crippen molar-refractivity contribution >= 4 is 17.4 Å². The molecule has 5 heteroatoms. The molecule has 4 nitrogen and oxygen atoms in total. The highest BCUT2D eigenvalue weighted by atomic mass is 35.5. The molecule has 3 heterocycles. The minimum Gasteiger partial charge on any atom is -0.381 e. The molecule has 0 bridgehead atoms. The van der Waals surface area contributed by atoms with Crippen molar-refractivity contribution in [3.05, 3.63) is 17.5 Å². The lowest BCUT2D eigenvalue weighted by Gasteiger charge is -2.18. The predicted octanol–water partition coefficient (Wildman–Crippen LogP) is 1.21. The summed E-state index contributed by atoms with van der Waals surface area (Å²) in [6, 6.07) is 0. The van der Waals surface area contributed by atoms with Gasteiger partial charge in [0.2, 0.25) is 0 Å². The largest absolute Gasteiger partial charge is 0.381 e. The van der Waals surface area contributed by atoms with E-state index >= 15 is 0 Å². The van der Waals surface area contributed by atoms with Crippen LogP contribution in [0, 0.1) is 11.8 Å². The number of hydrogen-bond donors (Lipinski definition) is 0. The quantitative estimate of drug-likeness (QED) is 0.720. The Morgan fingerprint density at radius 1 is 1.20 bits per heavy atom. The molecule has 3 rings (SSSR count). The van der Waals surface area contributed by atoms with Gasteiger partial charge >= 0.3 is 0 Å². The smallest absolute Gasteiger partial charge is 0.171 e. The molecule has 0 aromatic carbocycles. The summed E-state index contributed by atoms with van der Waals surface area (Å²) in [4.78, 5) is 10.5. The average Bonchev–Trinajstić information content (AvgIpc) is 2.77. The fourth-order valence-electron chi connectivity index (χ4n) is 2.39. The van der Waals surface area contributed by atoms with Crippen molar-refractivity contribution in [2.75, 3.05) is 31.2 Å². The number of ether oxygens (including phenoxy) is 1. The Labute approximate surface area is 93.2 Å². The van der Waals surface area contributed by atoms with Crippen LogP contribution in [-0.4, -0.2) is 36.3 Å². The summed E-state index contributed by atoms with van der Waals surface area (Å²) in [6.45, 7) is 3.73. The molecule has 2 fully saturated rings. The molecular weight excluding hydrogens is 214 g/mol. The van der Waals surface area contributed by atoms with Gasteiger partial charge < -0.3 is 9.64 Å². The van der Waals surface area contributed by atoms with Crippen molar-refractivity contribution in [2.45, 2.75) is 0 Å². The van der Waals surface area contributed by atoms with Gasteiger partial charge in [-0.3, -0.25) is 0 Å². The zero-order chi connectivity index (χ0) is 10.3. The van der Waals surface area contributed by atoms with Crippen LogP contribution in [0.3, 0.4) is 0 Å². The van der Waals surface area contributed by atoms with Gasteiger partial charge in [-0.05, 0) is 0 Å². The fraction of sp³-hybridized carbons (Fsp3) is 0.600. The maximum absolute atomic E-state index is 6.01. The lowest BCUT2D eigenvalue weighted by Crippen LogP contribution is -2.23. The van der Waals surface area contributed by atoms with Gasteiger partial charge in [0, 0.05) is 37.3 Å². The molecule has 0 amide bonds. The van der Waals surface area contributed by atoms with Crippen molar-refractivity contribution in [1.82, 2.24) is 9.97 Å². The zero-order valence-electron chi connectivity index (χ0n) is 8.27. The molecule has 0 spiro atoms. The predicted molar refractivity (Wildman–Crippen MR) is 57.1 cm³/mol. The lowest BCUT2D eigenvalue weighted by molar-refractivity contribution is 0.177. The monoisotopic (exact) mass is 225 g/mol. The number of anilines is 1. The van der Waals surface area contributed by atoms with Crippen molar-refractivity contribution in [2.24, 2.45) is 11.8 Å². The van der Waals surface area contributed by atoms with E-state index in [2.05, 4.69) is 14.9 Å². The number of fused-ring (bicyclic) bond motifs is 1. The third-order valence-electron chi connectivity index (χ3n) is 3.18. The van der Waals surface area contributed by atoms with Gasteiger partial charge in [0.25, 0.3) is 0 Å². The molecule has 1 aromatic heterocycles. The summed E-state index contributed by atoms with van der Waals surface area (Å²) < 4.78 is 5.43. The lowest BCUT2D eigenvalue weighted by atomic mass is 10.0. The Morgan fingerprint density at radius 3 is 2.53 bits per heavy atom. The summed E-state index contributed by atoms with van der Waals surface area (Å²) in [5.41, 5.74) is 0. The van der Waals surface area contributed by atoms with Gasteiger partial charge in [0.05, 0.1) is 13.2 Å².